The second-order valence-corrected chi connectivity index (χ2v) is 5.60. The van der Waals surface area contributed by atoms with Crippen LogP contribution in [0.5, 0.6) is 0 Å². The predicted molar refractivity (Wildman–Crippen MR) is 77.1 cm³/mol. The molecule has 3 nitrogen and oxygen atoms in total. The summed E-state index contributed by atoms with van der Waals surface area (Å²) >= 11 is 7.05. The Labute approximate surface area is 127 Å². The van der Waals surface area contributed by atoms with Gasteiger partial charge in [0.2, 0.25) is 0 Å². The van der Waals surface area contributed by atoms with Crippen LogP contribution in [0.25, 0.3) is 11.3 Å². The van der Waals surface area contributed by atoms with Gasteiger partial charge in [0, 0.05) is 19.5 Å². The molecule has 0 amide bonds. The summed E-state index contributed by atoms with van der Waals surface area (Å²) in [4.78, 5) is 16.0. The van der Waals surface area contributed by atoms with Gasteiger partial charge in [0.25, 0.3) is 0 Å². The Hall–Kier alpha value is -1.60. The zero-order valence-electron chi connectivity index (χ0n) is 11.0. The van der Waals surface area contributed by atoms with Crippen molar-refractivity contribution >= 4 is 33.9 Å². The third-order valence-electron chi connectivity index (χ3n) is 2.71. The minimum atomic E-state index is -4.49. The third-order valence-corrected chi connectivity index (χ3v) is 4.21. The minimum absolute atomic E-state index is 0.0921. The van der Waals surface area contributed by atoms with E-state index in [1.54, 1.807) is 7.05 Å². The number of anilines is 1. The summed E-state index contributed by atoms with van der Waals surface area (Å²) in [6, 6.07) is 2.95. The van der Waals surface area contributed by atoms with Crippen molar-refractivity contribution in [2.24, 2.45) is 0 Å². The summed E-state index contributed by atoms with van der Waals surface area (Å²) < 4.78 is 38.4. The van der Waals surface area contributed by atoms with Crippen molar-refractivity contribution in [3.8, 4) is 11.3 Å². The zero-order valence-corrected chi connectivity index (χ0v) is 12.6. The lowest BCUT2D eigenvalue weighted by molar-refractivity contribution is -0.137. The van der Waals surface area contributed by atoms with E-state index in [9.17, 15) is 18.0 Å². The van der Waals surface area contributed by atoms with E-state index in [1.807, 2.05) is 0 Å². The smallest absolute Gasteiger partial charge is 0.365 e. The molecule has 2 rings (SSSR count). The average molecular weight is 335 g/mol. The summed E-state index contributed by atoms with van der Waals surface area (Å²) in [5.41, 5.74) is -0.585. The molecule has 0 bridgehead atoms. The molecule has 1 heterocycles. The van der Waals surface area contributed by atoms with Gasteiger partial charge in [0.15, 0.2) is 10.9 Å². The zero-order chi connectivity index (χ0) is 15.8. The van der Waals surface area contributed by atoms with E-state index in [0.717, 1.165) is 29.5 Å². The number of ketones is 1. The van der Waals surface area contributed by atoms with E-state index in [0.29, 0.717) is 5.13 Å². The Morgan fingerprint density at radius 3 is 2.57 bits per heavy atom. The second kappa shape index (κ2) is 5.65. The van der Waals surface area contributed by atoms with Gasteiger partial charge in [0.1, 0.15) is 0 Å². The maximum absolute atomic E-state index is 12.8. The number of alkyl halides is 3. The molecule has 0 spiro atoms. The maximum Gasteiger partial charge on any atom is 0.416 e. The van der Waals surface area contributed by atoms with E-state index in [1.165, 1.54) is 6.92 Å². The Bertz CT molecular complexity index is 697. The number of thiazole rings is 1. The van der Waals surface area contributed by atoms with Gasteiger partial charge in [0.05, 0.1) is 21.2 Å². The van der Waals surface area contributed by atoms with Crippen molar-refractivity contribution in [1.82, 2.24) is 4.98 Å². The van der Waals surface area contributed by atoms with Gasteiger partial charge in [-0.05, 0) is 18.2 Å². The number of benzene rings is 1. The molecule has 21 heavy (non-hydrogen) atoms. The summed E-state index contributed by atoms with van der Waals surface area (Å²) in [6.45, 7) is 1.33. The SMILES string of the molecule is CNc1nc(-c2cc(C(F)(F)F)ccc2Cl)c(C(C)=O)s1. The van der Waals surface area contributed by atoms with Crippen LogP contribution in [0.2, 0.25) is 5.02 Å². The molecular weight excluding hydrogens is 325 g/mol. The fraction of sp³-hybridized carbons (Fsp3) is 0.231. The third kappa shape index (κ3) is 3.19. The lowest BCUT2D eigenvalue weighted by Gasteiger charge is -2.09. The molecule has 0 radical (unpaired) electrons. The molecule has 0 saturated heterocycles. The van der Waals surface area contributed by atoms with Gasteiger partial charge < -0.3 is 5.32 Å². The Morgan fingerprint density at radius 1 is 1.38 bits per heavy atom. The van der Waals surface area contributed by atoms with Crippen LogP contribution in [0.4, 0.5) is 18.3 Å². The number of hydrogen-bond acceptors (Lipinski definition) is 4. The number of nitrogens with zero attached hydrogens (tertiary/aromatic N) is 1. The van der Waals surface area contributed by atoms with Crippen LogP contribution in [0, 0.1) is 0 Å². The van der Waals surface area contributed by atoms with Crippen molar-refractivity contribution in [3.05, 3.63) is 33.7 Å². The topological polar surface area (TPSA) is 42.0 Å². The van der Waals surface area contributed by atoms with Crippen LogP contribution in [-0.2, 0) is 6.18 Å². The number of aromatic nitrogens is 1. The molecule has 8 heteroatoms. The fourth-order valence-corrected chi connectivity index (χ4v) is 2.77. The highest BCUT2D eigenvalue weighted by Crippen LogP contribution is 2.39. The van der Waals surface area contributed by atoms with Crippen LogP contribution in [0.15, 0.2) is 18.2 Å². The Balaban J connectivity index is 2.66. The molecular formula is C13H10ClF3N2OS. The minimum Gasteiger partial charge on any atom is -0.365 e. The van der Waals surface area contributed by atoms with Crippen LogP contribution in [0.3, 0.4) is 0 Å². The van der Waals surface area contributed by atoms with Crippen molar-refractivity contribution in [3.63, 3.8) is 0 Å². The van der Waals surface area contributed by atoms with E-state index >= 15 is 0 Å². The van der Waals surface area contributed by atoms with Gasteiger partial charge in [-0.2, -0.15) is 13.2 Å². The molecule has 1 N–H and O–H groups in total. The van der Waals surface area contributed by atoms with E-state index in [2.05, 4.69) is 10.3 Å². The van der Waals surface area contributed by atoms with Crippen LogP contribution in [-0.4, -0.2) is 17.8 Å². The fourth-order valence-electron chi connectivity index (χ4n) is 1.73. The maximum atomic E-state index is 12.8. The molecule has 1 aromatic heterocycles. The molecule has 0 atom stereocenters. The van der Waals surface area contributed by atoms with Crippen LogP contribution >= 0.6 is 22.9 Å². The Kier molecular flexibility index (Phi) is 4.25. The number of rotatable bonds is 3. The first-order valence-corrected chi connectivity index (χ1v) is 7.00. The van der Waals surface area contributed by atoms with E-state index in [-0.39, 0.29) is 26.9 Å². The normalized spacial score (nSPS) is 11.5. The molecule has 0 aliphatic rings. The molecule has 0 unspecified atom stereocenters. The molecule has 0 saturated carbocycles. The van der Waals surface area contributed by atoms with Crippen molar-refractivity contribution in [2.75, 3.05) is 12.4 Å². The monoisotopic (exact) mass is 334 g/mol. The van der Waals surface area contributed by atoms with Gasteiger partial charge in [-0.15, -0.1) is 0 Å². The quantitative estimate of drug-likeness (QED) is 0.825. The van der Waals surface area contributed by atoms with Gasteiger partial charge in [-0.3, -0.25) is 4.79 Å². The largest absolute Gasteiger partial charge is 0.416 e. The van der Waals surface area contributed by atoms with Crippen molar-refractivity contribution in [1.29, 1.82) is 0 Å². The molecule has 2 aromatic rings. The average Bonchev–Trinajstić information content (AvgIpc) is 2.82. The highest BCUT2D eigenvalue weighted by atomic mass is 35.5. The summed E-state index contributed by atoms with van der Waals surface area (Å²) in [5.74, 6) is -0.280. The molecule has 0 aliphatic heterocycles. The number of nitrogens with one attached hydrogen (secondary N) is 1. The lowest BCUT2D eigenvalue weighted by atomic mass is 10.1. The van der Waals surface area contributed by atoms with Gasteiger partial charge in [-0.1, -0.05) is 22.9 Å². The van der Waals surface area contributed by atoms with Crippen LogP contribution < -0.4 is 5.32 Å². The molecule has 1 aromatic carbocycles. The highest BCUT2D eigenvalue weighted by molar-refractivity contribution is 7.18. The molecule has 0 fully saturated rings. The molecule has 112 valence electrons. The van der Waals surface area contributed by atoms with Crippen molar-refractivity contribution in [2.45, 2.75) is 13.1 Å². The summed E-state index contributed by atoms with van der Waals surface area (Å²) in [7, 11) is 1.61. The van der Waals surface area contributed by atoms with E-state index in [4.69, 9.17) is 11.6 Å². The Morgan fingerprint density at radius 2 is 2.05 bits per heavy atom. The second-order valence-electron chi connectivity index (χ2n) is 4.20. The first kappa shape index (κ1) is 15.8. The first-order chi connectivity index (χ1) is 9.74. The van der Waals surface area contributed by atoms with Gasteiger partial charge in [-0.25, -0.2) is 4.98 Å². The highest BCUT2D eigenvalue weighted by Gasteiger charge is 2.31. The number of hydrogen-bond donors (Lipinski definition) is 1. The van der Waals surface area contributed by atoms with E-state index < -0.39 is 11.7 Å². The number of carbonyl (C=O) groups excluding carboxylic acids is 1. The summed E-state index contributed by atoms with van der Waals surface area (Å²) in [6.07, 6.45) is -4.49. The standard InChI is InChI=1S/C13H10ClF3N2OS/c1-6(20)11-10(19-12(18-2)21-11)8-5-7(13(15,16)17)3-4-9(8)14/h3-5H,1-2H3,(H,18,19). The number of Topliss-reactive ketones (excluding diaryl/α,β-unsaturated/α-hetero) is 1. The van der Waals surface area contributed by atoms with Crippen molar-refractivity contribution < 1.29 is 18.0 Å². The lowest BCUT2D eigenvalue weighted by Crippen LogP contribution is -2.05. The van der Waals surface area contributed by atoms with Crippen LogP contribution in [0.1, 0.15) is 22.2 Å². The first-order valence-electron chi connectivity index (χ1n) is 5.80. The van der Waals surface area contributed by atoms with Gasteiger partial charge >= 0.3 is 6.18 Å². The number of carbonyl (C=O) groups is 1. The molecule has 0 aliphatic carbocycles. The summed E-state index contributed by atoms with van der Waals surface area (Å²) in [5, 5.41) is 3.31. The predicted octanol–water partition coefficient (Wildman–Crippen LogP) is 4.73. The number of halogens is 4.